The Morgan fingerprint density at radius 1 is 1.42 bits per heavy atom. The van der Waals surface area contributed by atoms with E-state index in [1.807, 2.05) is 37.4 Å². The lowest BCUT2D eigenvalue weighted by molar-refractivity contribution is -0.116. The highest BCUT2D eigenvalue weighted by Crippen LogP contribution is 2.37. The van der Waals surface area contributed by atoms with Crippen molar-refractivity contribution in [1.82, 2.24) is 4.98 Å². The van der Waals surface area contributed by atoms with Gasteiger partial charge in [-0.1, -0.05) is 48.8 Å². The van der Waals surface area contributed by atoms with Gasteiger partial charge in [0.05, 0.1) is 10.8 Å². The molecule has 1 aromatic heterocycles. The van der Waals surface area contributed by atoms with Crippen LogP contribution in [0.25, 0.3) is 10.4 Å². The number of amides is 1. The van der Waals surface area contributed by atoms with E-state index in [0.717, 1.165) is 46.2 Å². The van der Waals surface area contributed by atoms with E-state index in [2.05, 4.69) is 34.8 Å². The van der Waals surface area contributed by atoms with Crippen LogP contribution in [-0.2, 0) is 4.79 Å². The van der Waals surface area contributed by atoms with Crippen LogP contribution in [0.5, 0.6) is 0 Å². The summed E-state index contributed by atoms with van der Waals surface area (Å²) < 4.78 is 0. The molecule has 0 aliphatic carbocycles. The van der Waals surface area contributed by atoms with Crippen molar-refractivity contribution < 1.29 is 4.79 Å². The maximum atomic E-state index is 11.8. The molecule has 0 spiro atoms. The second-order valence-corrected chi connectivity index (χ2v) is 7.29. The molecular weight excluding hydrogens is 342 g/mol. The van der Waals surface area contributed by atoms with Gasteiger partial charge in [-0.05, 0) is 48.6 Å². The summed E-state index contributed by atoms with van der Waals surface area (Å²) in [5, 5.41) is 7.20. The van der Waals surface area contributed by atoms with Gasteiger partial charge in [0.25, 0.3) is 0 Å². The lowest BCUT2D eigenvalue weighted by Gasteiger charge is -2.04. The van der Waals surface area contributed by atoms with Crippen molar-refractivity contribution in [2.45, 2.75) is 25.7 Å². The largest absolute Gasteiger partial charge is 0.361 e. The minimum Gasteiger partial charge on any atom is -0.361 e. The van der Waals surface area contributed by atoms with Crippen molar-refractivity contribution in [3.05, 3.63) is 66.9 Å². The quantitative estimate of drug-likeness (QED) is 0.489. The lowest BCUT2D eigenvalue weighted by atomic mass is 10.0. The average Bonchev–Trinajstić information content (AvgIpc) is 3.23. The van der Waals surface area contributed by atoms with Crippen molar-refractivity contribution in [3.8, 4) is 10.4 Å². The van der Waals surface area contributed by atoms with Gasteiger partial charge in [0, 0.05) is 18.4 Å². The molecule has 3 rings (SSSR count). The second kappa shape index (κ2) is 8.15. The number of aromatic nitrogens is 1. The Morgan fingerprint density at radius 2 is 2.27 bits per heavy atom. The maximum absolute atomic E-state index is 11.8. The van der Waals surface area contributed by atoms with Gasteiger partial charge in [-0.2, -0.15) is 0 Å². The van der Waals surface area contributed by atoms with E-state index in [1.54, 1.807) is 17.4 Å². The third-order valence-corrected chi connectivity index (χ3v) is 5.48. The van der Waals surface area contributed by atoms with E-state index in [9.17, 15) is 4.79 Å². The van der Waals surface area contributed by atoms with E-state index < -0.39 is 0 Å². The fourth-order valence-electron chi connectivity index (χ4n) is 2.95. The summed E-state index contributed by atoms with van der Waals surface area (Å²) >= 11 is 1.63. The van der Waals surface area contributed by atoms with Crippen LogP contribution in [-0.4, -0.2) is 17.4 Å². The molecule has 0 bridgehead atoms. The summed E-state index contributed by atoms with van der Waals surface area (Å²) in [5.41, 5.74) is 4.26. The Bertz CT molecular complexity index is 866. The van der Waals surface area contributed by atoms with Crippen LogP contribution in [0.4, 0.5) is 10.8 Å². The molecule has 1 amide bonds. The van der Waals surface area contributed by atoms with E-state index >= 15 is 0 Å². The van der Waals surface area contributed by atoms with Gasteiger partial charge in [-0.25, -0.2) is 4.98 Å². The zero-order valence-corrected chi connectivity index (χ0v) is 15.7. The predicted octanol–water partition coefficient (Wildman–Crippen LogP) is 5.36. The second-order valence-electron chi connectivity index (χ2n) is 6.25. The third kappa shape index (κ3) is 3.94. The molecule has 26 heavy (non-hydrogen) atoms. The van der Waals surface area contributed by atoms with Crippen molar-refractivity contribution in [1.29, 1.82) is 0 Å². The number of nitrogens with one attached hydrogen (secondary N) is 2. The van der Waals surface area contributed by atoms with Crippen LogP contribution in [0.15, 0.2) is 61.4 Å². The Hall–Kier alpha value is -2.66. The van der Waals surface area contributed by atoms with E-state index in [1.165, 1.54) is 5.57 Å². The number of hydrogen-bond donors (Lipinski definition) is 2. The van der Waals surface area contributed by atoms with E-state index in [-0.39, 0.29) is 11.8 Å². The first-order chi connectivity index (χ1) is 12.6. The molecule has 1 aliphatic heterocycles. The number of fused-ring (bicyclic) bond motifs is 1. The van der Waals surface area contributed by atoms with Gasteiger partial charge >= 0.3 is 0 Å². The van der Waals surface area contributed by atoms with Gasteiger partial charge in [0.15, 0.2) is 5.13 Å². The first-order valence-corrected chi connectivity index (χ1v) is 9.53. The first kappa shape index (κ1) is 18.1. The predicted molar refractivity (Wildman–Crippen MR) is 111 cm³/mol. The Morgan fingerprint density at radius 3 is 3.04 bits per heavy atom. The zero-order valence-electron chi connectivity index (χ0n) is 14.9. The molecule has 0 radical (unpaired) electrons. The molecule has 1 aliphatic rings. The summed E-state index contributed by atoms with van der Waals surface area (Å²) in [6.07, 6.45) is 9.50. The number of nitrogens with zero attached hydrogens (tertiary/aromatic N) is 1. The molecule has 4 nitrogen and oxygen atoms in total. The Kier molecular flexibility index (Phi) is 5.68. The standard InChI is InChI=1S/C21H23N3OS/c1-4-7-15(5-2)8-6-11-22-21-23-13-19(26-21)16-9-10-18-17(12-16)14(3)20(25)24-18/h4-5,7,9-10,12-14H,1-2,6,8,11H2,3H3,(H,22,23)(H,24,25)/b15-7+. The molecule has 1 aromatic carbocycles. The SMILES string of the molecule is C=C/C=C(\C=C)CCCNc1ncc(-c2ccc3c(c2)C(C)C(=O)N3)s1. The fraction of sp³-hybridized carbons (Fsp3) is 0.238. The minimum atomic E-state index is -0.0989. The summed E-state index contributed by atoms with van der Waals surface area (Å²) in [6.45, 7) is 10.3. The highest BCUT2D eigenvalue weighted by molar-refractivity contribution is 7.18. The highest BCUT2D eigenvalue weighted by Gasteiger charge is 2.26. The highest BCUT2D eigenvalue weighted by atomic mass is 32.1. The van der Waals surface area contributed by atoms with Crippen LogP contribution >= 0.6 is 11.3 Å². The van der Waals surface area contributed by atoms with Crippen LogP contribution in [0.3, 0.4) is 0 Å². The van der Waals surface area contributed by atoms with Crippen LogP contribution in [0.2, 0.25) is 0 Å². The van der Waals surface area contributed by atoms with Crippen molar-refractivity contribution in [3.63, 3.8) is 0 Å². The molecule has 5 heteroatoms. The fourth-order valence-corrected chi connectivity index (χ4v) is 3.79. The smallest absolute Gasteiger partial charge is 0.231 e. The third-order valence-electron chi connectivity index (χ3n) is 4.47. The number of anilines is 2. The van der Waals surface area contributed by atoms with E-state index in [4.69, 9.17) is 0 Å². The number of thiazole rings is 1. The van der Waals surface area contributed by atoms with Crippen LogP contribution in [0.1, 0.15) is 31.2 Å². The number of carbonyl (C=O) groups excluding carboxylic acids is 1. The van der Waals surface area contributed by atoms with E-state index in [0.29, 0.717) is 0 Å². The average molecular weight is 366 g/mol. The number of allylic oxidation sites excluding steroid dienone is 4. The Labute approximate surface area is 158 Å². The van der Waals surface area contributed by atoms with Gasteiger partial charge in [-0.15, -0.1) is 0 Å². The summed E-state index contributed by atoms with van der Waals surface area (Å²) in [5.74, 6) is -0.0358. The topological polar surface area (TPSA) is 54.0 Å². The lowest BCUT2D eigenvalue weighted by Crippen LogP contribution is -2.08. The van der Waals surface area contributed by atoms with Crippen LogP contribution in [0, 0.1) is 0 Å². The van der Waals surface area contributed by atoms with Gasteiger partial charge in [0.1, 0.15) is 0 Å². The molecular formula is C21H23N3OS. The number of benzene rings is 1. The maximum Gasteiger partial charge on any atom is 0.231 e. The molecule has 2 heterocycles. The normalized spacial score (nSPS) is 16.1. The molecule has 0 saturated carbocycles. The monoisotopic (exact) mass is 365 g/mol. The zero-order chi connectivity index (χ0) is 18.5. The number of rotatable bonds is 8. The first-order valence-electron chi connectivity index (χ1n) is 8.71. The Balaban J connectivity index is 1.60. The van der Waals surface area contributed by atoms with Gasteiger partial charge in [0.2, 0.25) is 5.91 Å². The molecule has 0 saturated heterocycles. The number of carbonyl (C=O) groups is 1. The van der Waals surface area contributed by atoms with Crippen molar-refractivity contribution in [2.75, 3.05) is 17.2 Å². The molecule has 134 valence electrons. The summed E-state index contributed by atoms with van der Waals surface area (Å²) in [7, 11) is 0. The van der Waals surface area contributed by atoms with Crippen LogP contribution < -0.4 is 10.6 Å². The molecule has 2 N–H and O–H groups in total. The molecule has 1 unspecified atom stereocenters. The van der Waals surface area contributed by atoms with Gasteiger partial charge in [-0.3, -0.25) is 4.79 Å². The molecule has 2 aromatic rings. The summed E-state index contributed by atoms with van der Waals surface area (Å²) in [4.78, 5) is 17.4. The molecule has 0 fully saturated rings. The van der Waals surface area contributed by atoms with Crippen molar-refractivity contribution >= 4 is 28.1 Å². The van der Waals surface area contributed by atoms with Crippen molar-refractivity contribution in [2.24, 2.45) is 0 Å². The minimum absolute atomic E-state index is 0.0632. The molecule has 1 atom stereocenters. The van der Waals surface area contributed by atoms with Gasteiger partial charge < -0.3 is 10.6 Å². The number of hydrogen-bond acceptors (Lipinski definition) is 4. The summed E-state index contributed by atoms with van der Waals surface area (Å²) in [6, 6.07) is 6.10.